The van der Waals surface area contributed by atoms with Gasteiger partial charge in [-0.15, -0.1) is 11.3 Å². The van der Waals surface area contributed by atoms with Crippen molar-refractivity contribution in [2.45, 2.75) is 26.2 Å². The van der Waals surface area contributed by atoms with E-state index in [0.29, 0.717) is 4.83 Å². The molecule has 3 aromatic carbocycles. The van der Waals surface area contributed by atoms with Crippen LogP contribution in [0.1, 0.15) is 37.9 Å². The Bertz CT molecular complexity index is 1590. The average Bonchev–Trinajstić information content (AvgIpc) is 3.20. The van der Waals surface area contributed by atoms with E-state index in [1.165, 1.54) is 28.0 Å². The van der Waals surface area contributed by atoms with E-state index in [-0.39, 0.29) is 16.9 Å². The summed E-state index contributed by atoms with van der Waals surface area (Å²) in [6.07, 6.45) is 0. The maximum absolute atomic E-state index is 9.50. The van der Waals surface area contributed by atoms with Gasteiger partial charge < -0.3 is 0 Å². The zero-order valence-electron chi connectivity index (χ0n) is 18.5. The molecule has 5 heteroatoms. The van der Waals surface area contributed by atoms with Crippen molar-refractivity contribution >= 4 is 31.6 Å². The van der Waals surface area contributed by atoms with Gasteiger partial charge in [-0.1, -0.05) is 81.4 Å². The molecule has 0 atom stereocenters. The number of aromatic nitrogens is 2. The predicted molar refractivity (Wildman–Crippen MR) is 134 cm³/mol. The van der Waals surface area contributed by atoms with E-state index in [9.17, 15) is 5.26 Å². The molecule has 0 unspecified atom stereocenters. The molecule has 0 radical (unpaired) electrons. The number of thiophene rings is 1. The Labute approximate surface area is 196 Å². The molecule has 33 heavy (non-hydrogen) atoms. The van der Waals surface area contributed by atoms with Crippen molar-refractivity contribution in [3.05, 3.63) is 83.8 Å². The van der Waals surface area contributed by atoms with Crippen LogP contribution in [-0.4, -0.2) is 9.97 Å². The van der Waals surface area contributed by atoms with Gasteiger partial charge in [-0.25, -0.2) is 9.97 Å². The van der Waals surface area contributed by atoms with Crippen LogP contribution in [0.4, 0.5) is 0 Å². The van der Waals surface area contributed by atoms with Crippen LogP contribution in [0, 0.1) is 22.7 Å². The highest BCUT2D eigenvalue weighted by molar-refractivity contribution is 7.25. The first-order valence-electron chi connectivity index (χ1n) is 10.6. The van der Waals surface area contributed by atoms with E-state index in [2.05, 4.69) is 97.5 Å². The highest BCUT2D eigenvalue weighted by atomic mass is 32.1. The smallest absolute Gasteiger partial charge is 0.208 e. The van der Waals surface area contributed by atoms with Gasteiger partial charge in [-0.05, 0) is 39.3 Å². The summed E-state index contributed by atoms with van der Waals surface area (Å²) in [5, 5.41) is 20.3. The number of hydrogen-bond acceptors (Lipinski definition) is 5. The lowest BCUT2D eigenvalue weighted by Crippen LogP contribution is -2.10. The number of nitrogens with zero attached hydrogens (tertiary/aromatic N) is 4. The van der Waals surface area contributed by atoms with Crippen molar-refractivity contribution in [1.82, 2.24) is 9.97 Å². The first-order chi connectivity index (χ1) is 15.9. The number of fused-ring (bicyclic) bond motifs is 3. The normalized spacial score (nSPS) is 11.4. The van der Waals surface area contributed by atoms with Crippen molar-refractivity contribution < 1.29 is 0 Å². The molecule has 0 aliphatic heterocycles. The zero-order valence-corrected chi connectivity index (χ0v) is 19.4. The maximum atomic E-state index is 9.50. The van der Waals surface area contributed by atoms with E-state index in [4.69, 9.17) is 5.26 Å². The van der Waals surface area contributed by atoms with Gasteiger partial charge in [0.15, 0.2) is 5.69 Å². The molecular formula is C28H20N4S. The second-order valence-electron chi connectivity index (χ2n) is 9.02. The van der Waals surface area contributed by atoms with Crippen LogP contribution in [0.5, 0.6) is 0 Å². The summed E-state index contributed by atoms with van der Waals surface area (Å²) in [6, 6.07) is 27.6. The Morgan fingerprint density at radius 3 is 1.88 bits per heavy atom. The topological polar surface area (TPSA) is 73.4 Å². The van der Waals surface area contributed by atoms with Crippen molar-refractivity contribution in [3.8, 4) is 34.4 Å². The van der Waals surface area contributed by atoms with Crippen LogP contribution in [0.3, 0.4) is 0 Å². The van der Waals surface area contributed by atoms with Crippen molar-refractivity contribution in [2.24, 2.45) is 0 Å². The largest absolute Gasteiger partial charge is 0.234 e. The molecule has 5 rings (SSSR count). The molecule has 0 bridgehead atoms. The first-order valence-corrected chi connectivity index (χ1v) is 11.4. The lowest BCUT2D eigenvalue weighted by molar-refractivity contribution is 0.590. The molecule has 0 aliphatic carbocycles. The molecule has 0 spiro atoms. The number of rotatable bonds is 2. The summed E-state index contributed by atoms with van der Waals surface area (Å²) in [7, 11) is 0. The molecule has 0 N–H and O–H groups in total. The molecule has 2 aromatic heterocycles. The van der Waals surface area contributed by atoms with Gasteiger partial charge in [0.1, 0.15) is 17.0 Å². The van der Waals surface area contributed by atoms with Crippen LogP contribution in [0.25, 0.3) is 42.6 Å². The fourth-order valence-corrected chi connectivity index (χ4v) is 5.12. The Kier molecular flexibility index (Phi) is 4.93. The summed E-state index contributed by atoms with van der Waals surface area (Å²) in [6.45, 7) is 6.67. The van der Waals surface area contributed by atoms with Crippen molar-refractivity contribution in [3.63, 3.8) is 0 Å². The number of nitriles is 2. The minimum absolute atomic E-state index is 0.0250. The molecule has 0 amide bonds. The minimum Gasteiger partial charge on any atom is -0.208 e. The second kappa shape index (κ2) is 7.81. The maximum Gasteiger partial charge on any atom is 0.234 e. The van der Waals surface area contributed by atoms with E-state index in [1.54, 1.807) is 0 Å². The predicted octanol–water partition coefficient (Wildman–Crippen LogP) is 7.22. The van der Waals surface area contributed by atoms with E-state index < -0.39 is 0 Å². The van der Waals surface area contributed by atoms with Gasteiger partial charge >= 0.3 is 0 Å². The van der Waals surface area contributed by atoms with Crippen LogP contribution >= 0.6 is 11.3 Å². The summed E-state index contributed by atoms with van der Waals surface area (Å²) >= 11 is 1.48. The van der Waals surface area contributed by atoms with Crippen molar-refractivity contribution in [1.29, 1.82) is 10.5 Å². The summed E-state index contributed by atoms with van der Waals surface area (Å²) < 4.78 is 1.02. The molecule has 0 saturated heterocycles. The van der Waals surface area contributed by atoms with E-state index in [0.717, 1.165) is 26.6 Å². The molecule has 2 heterocycles. The summed E-state index contributed by atoms with van der Waals surface area (Å²) in [4.78, 5) is 9.04. The standard InChI is InChI=1S/C28H20N4S/c1-28(2,3)21-11-8-18(9-12-21)17-4-6-19(7-5-17)20-10-13-22-24(14-20)33-27-26(22)23(15-29)31-25(16-30)32-27/h4-14H,1-3H3. The fraction of sp³-hybridized carbons (Fsp3) is 0.143. The molecule has 0 aliphatic rings. The molecule has 158 valence electrons. The SMILES string of the molecule is CC(C)(C)c1ccc(-c2ccc(-c3ccc4c(c3)sc3nc(C#N)nc(C#N)c34)cc2)cc1. The third-order valence-corrected chi connectivity index (χ3v) is 6.89. The fourth-order valence-electron chi connectivity index (χ4n) is 4.00. The molecule has 0 saturated carbocycles. The first kappa shape index (κ1) is 20.8. The van der Waals surface area contributed by atoms with Gasteiger partial charge in [-0.2, -0.15) is 10.5 Å². The quantitative estimate of drug-likeness (QED) is 0.288. The number of benzene rings is 3. The third-order valence-electron chi connectivity index (χ3n) is 5.84. The van der Waals surface area contributed by atoms with Gasteiger partial charge in [0.05, 0.1) is 5.39 Å². The van der Waals surface area contributed by atoms with E-state index >= 15 is 0 Å². The molecule has 4 nitrogen and oxygen atoms in total. The van der Waals surface area contributed by atoms with Gasteiger partial charge in [0, 0.05) is 10.1 Å². The monoisotopic (exact) mass is 444 g/mol. The molecular weight excluding hydrogens is 424 g/mol. The van der Waals surface area contributed by atoms with Gasteiger partial charge in [-0.3, -0.25) is 0 Å². The summed E-state index contributed by atoms with van der Waals surface area (Å²) in [5.74, 6) is 0.0250. The average molecular weight is 445 g/mol. The lowest BCUT2D eigenvalue weighted by atomic mass is 9.86. The Hall–Kier alpha value is -4.06. The second-order valence-corrected chi connectivity index (χ2v) is 10.0. The summed E-state index contributed by atoms with van der Waals surface area (Å²) in [5.41, 5.74) is 6.31. The van der Waals surface area contributed by atoms with Crippen molar-refractivity contribution in [2.75, 3.05) is 0 Å². The highest BCUT2D eigenvalue weighted by Crippen LogP contribution is 2.37. The zero-order chi connectivity index (χ0) is 23.2. The van der Waals surface area contributed by atoms with Crippen LogP contribution < -0.4 is 0 Å². The Morgan fingerprint density at radius 2 is 1.30 bits per heavy atom. The van der Waals surface area contributed by atoms with E-state index in [1.807, 2.05) is 12.1 Å². The van der Waals surface area contributed by atoms with Crippen LogP contribution in [0.2, 0.25) is 0 Å². The number of hydrogen-bond donors (Lipinski definition) is 0. The molecule has 0 fully saturated rings. The van der Waals surface area contributed by atoms with Crippen LogP contribution in [0.15, 0.2) is 66.7 Å². The Morgan fingerprint density at radius 1 is 0.727 bits per heavy atom. The third kappa shape index (κ3) is 3.74. The highest BCUT2D eigenvalue weighted by Gasteiger charge is 2.15. The van der Waals surface area contributed by atoms with Gasteiger partial charge in [0.2, 0.25) is 5.82 Å². The van der Waals surface area contributed by atoms with Gasteiger partial charge in [0.25, 0.3) is 0 Å². The minimum atomic E-state index is 0.0250. The molecule has 5 aromatic rings. The lowest BCUT2D eigenvalue weighted by Gasteiger charge is -2.19. The Balaban J connectivity index is 1.51. The van der Waals surface area contributed by atoms with Crippen LogP contribution in [-0.2, 0) is 5.41 Å².